The minimum Gasteiger partial charge on any atom is -0.376 e. The lowest BCUT2D eigenvalue weighted by atomic mass is 10.2. The Morgan fingerprint density at radius 1 is 1.38 bits per heavy atom. The van der Waals surface area contributed by atoms with Crippen LogP contribution in [0.3, 0.4) is 0 Å². The fourth-order valence-corrected chi connectivity index (χ4v) is 4.60. The smallest absolute Gasteiger partial charge is 0.234 e. The number of benzene rings is 1. The minimum absolute atomic E-state index is 0.145. The first-order chi connectivity index (χ1) is 14.2. The molecule has 29 heavy (non-hydrogen) atoms. The second-order valence-corrected chi connectivity index (χ2v) is 8.45. The number of carbonyl (C=O) groups excluding carboxylic acids is 1. The quantitative estimate of drug-likeness (QED) is 0.579. The third-order valence-corrected chi connectivity index (χ3v) is 6.31. The van der Waals surface area contributed by atoms with Crippen LogP contribution in [0.15, 0.2) is 46.9 Å². The Kier molecular flexibility index (Phi) is 6.24. The molecule has 1 aromatic carbocycles. The van der Waals surface area contributed by atoms with Crippen molar-refractivity contribution in [1.82, 2.24) is 14.8 Å². The lowest BCUT2D eigenvalue weighted by molar-refractivity contribution is -0.113. The molecule has 0 spiro atoms. The highest BCUT2D eigenvalue weighted by Gasteiger charge is 2.22. The first-order valence-electron chi connectivity index (χ1n) is 9.24. The van der Waals surface area contributed by atoms with Gasteiger partial charge in [-0.3, -0.25) is 9.36 Å². The van der Waals surface area contributed by atoms with Crippen LogP contribution >= 0.6 is 23.1 Å². The van der Waals surface area contributed by atoms with Gasteiger partial charge in [0.25, 0.3) is 0 Å². The predicted molar refractivity (Wildman–Crippen MR) is 113 cm³/mol. The van der Waals surface area contributed by atoms with Gasteiger partial charge in [0.15, 0.2) is 11.0 Å². The maximum Gasteiger partial charge on any atom is 0.234 e. The van der Waals surface area contributed by atoms with Gasteiger partial charge in [-0.15, -0.1) is 21.5 Å². The Morgan fingerprint density at radius 3 is 3.07 bits per heavy atom. The van der Waals surface area contributed by atoms with E-state index >= 15 is 0 Å². The van der Waals surface area contributed by atoms with E-state index in [9.17, 15) is 4.79 Å². The van der Waals surface area contributed by atoms with Gasteiger partial charge in [0, 0.05) is 12.3 Å². The third-order valence-electron chi connectivity index (χ3n) is 4.48. The lowest BCUT2D eigenvalue weighted by Crippen LogP contribution is -2.18. The first kappa shape index (κ1) is 19.6. The topological polar surface area (TPSA) is 92.8 Å². The van der Waals surface area contributed by atoms with E-state index in [0.717, 1.165) is 30.2 Å². The summed E-state index contributed by atoms with van der Waals surface area (Å²) in [6.45, 7) is 1.46. The van der Waals surface area contributed by atoms with Crippen LogP contribution in [-0.2, 0) is 16.1 Å². The zero-order valence-electron chi connectivity index (χ0n) is 15.6. The minimum atomic E-state index is -0.158. The largest absolute Gasteiger partial charge is 0.376 e. The van der Waals surface area contributed by atoms with E-state index in [1.165, 1.54) is 11.8 Å². The summed E-state index contributed by atoms with van der Waals surface area (Å²) in [5.74, 6) is 0.847. The molecule has 1 atom stereocenters. The molecule has 3 aromatic rings. The van der Waals surface area contributed by atoms with E-state index in [1.54, 1.807) is 35.6 Å². The number of amides is 1. The molecular weight excluding hydrogens is 406 g/mol. The third kappa shape index (κ3) is 4.85. The molecule has 0 saturated carbocycles. The fraction of sp³-hybridized carbons (Fsp3) is 0.300. The molecule has 9 heteroatoms. The summed E-state index contributed by atoms with van der Waals surface area (Å²) in [6, 6.07) is 12.9. The molecule has 0 bridgehead atoms. The zero-order valence-corrected chi connectivity index (χ0v) is 17.2. The van der Waals surface area contributed by atoms with Gasteiger partial charge in [0.1, 0.15) is 0 Å². The molecule has 1 fully saturated rings. The second kappa shape index (κ2) is 9.22. The van der Waals surface area contributed by atoms with E-state index in [-0.39, 0.29) is 17.8 Å². The highest BCUT2D eigenvalue weighted by molar-refractivity contribution is 7.99. The van der Waals surface area contributed by atoms with Crippen molar-refractivity contribution in [3.05, 3.63) is 47.3 Å². The number of nitrogens with zero attached hydrogens (tertiary/aromatic N) is 4. The van der Waals surface area contributed by atoms with Gasteiger partial charge in [-0.1, -0.05) is 23.9 Å². The molecule has 148 valence electrons. The first-order valence-corrected chi connectivity index (χ1v) is 11.1. The Morgan fingerprint density at radius 2 is 2.31 bits per heavy atom. The molecule has 7 nitrogen and oxygen atoms in total. The van der Waals surface area contributed by atoms with Crippen molar-refractivity contribution in [3.63, 3.8) is 0 Å². The van der Waals surface area contributed by atoms with Crippen LogP contribution in [0.1, 0.15) is 18.4 Å². The number of nitrogens with one attached hydrogen (secondary N) is 1. The number of hydrogen-bond donors (Lipinski definition) is 1. The maximum absolute atomic E-state index is 12.4. The standard InChI is InChI=1S/C20H19N5O2S2/c21-11-14-4-1-5-15(10-14)22-18(26)13-29-20-24-23-19(17-7-3-9-28-17)25(20)12-16-6-2-8-27-16/h1,3-5,7,9-10,16H,2,6,8,12-13H2,(H,22,26)/t16-/m0/s1. The Balaban J connectivity index is 1.46. The molecule has 0 radical (unpaired) electrons. The van der Waals surface area contributed by atoms with Crippen molar-refractivity contribution in [2.24, 2.45) is 0 Å². The average molecular weight is 426 g/mol. The second-order valence-electron chi connectivity index (χ2n) is 6.56. The molecule has 1 aliphatic rings. The number of carbonyl (C=O) groups is 1. The number of anilines is 1. The Bertz CT molecular complexity index is 1020. The maximum atomic E-state index is 12.4. The van der Waals surface area contributed by atoms with Crippen LogP contribution in [0.25, 0.3) is 10.7 Å². The predicted octanol–water partition coefficient (Wildman–Crippen LogP) is 3.79. The molecule has 2 aromatic heterocycles. The summed E-state index contributed by atoms with van der Waals surface area (Å²) in [5, 5.41) is 23.2. The molecule has 1 aliphatic heterocycles. The van der Waals surface area contributed by atoms with E-state index in [0.29, 0.717) is 23.0 Å². The van der Waals surface area contributed by atoms with Gasteiger partial charge in [0.05, 0.1) is 34.9 Å². The average Bonchev–Trinajstić information content (AvgIpc) is 3.49. The van der Waals surface area contributed by atoms with E-state index in [1.807, 2.05) is 17.5 Å². The molecule has 4 rings (SSSR count). The fourth-order valence-electron chi connectivity index (χ4n) is 3.13. The number of thioether (sulfide) groups is 1. The highest BCUT2D eigenvalue weighted by Crippen LogP contribution is 2.29. The van der Waals surface area contributed by atoms with Crippen LogP contribution in [0.5, 0.6) is 0 Å². The van der Waals surface area contributed by atoms with Crippen molar-refractivity contribution in [2.75, 3.05) is 17.7 Å². The highest BCUT2D eigenvalue weighted by atomic mass is 32.2. The molecule has 0 unspecified atom stereocenters. The van der Waals surface area contributed by atoms with Gasteiger partial charge in [-0.2, -0.15) is 5.26 Å². The summed E-state index contributed by atoms with van der Waals surface area (Å²) >= 11 is 2.96. The Labute approximate surface area is 176 Å². The monoisotopic (exact) mass is 425 g/mol. The number of rotatable bonds is 7. The molecule has 1 amide bonds. The van der Waals surface area contributed by atoms with Crippen LogP contribution in [0.4, 0.5) is 5.69 Å². The van der Waals surface area contributed by atoms with Crippen LogP contribution in [-0.4, -0.2) is 39.1 Å². The van der Waals surface area contributed by atoms with Gasteiger partial charge in [0.2, 0.25) is 5.91 Å². The normalized spacial score (nSPS) is 15.9. The lowest BCUT2D eigenvalue weighted by Gasteiger charge is -2.14. The van der Waals surface area contributed by atoms with Gasteiger partial charge < -0.3 is 10.1 Å². The van der Waals surface area contributed by atoms with Crippen LogP contribution in [0, 0.1) is 11.3 Å². The Hall–Kier alpha value is -2.67. The summed E-state index contributed by atoms with van der Waals surface area (Å²) in [7, 11) is 0. The molecule has 3 heterocycles. The van der Waals surface area contributed by atoms with Crippen molar-refractivity contribution in [1.29, 1.82) is 5.26 Å². The van der Waals surface area contributed by atoms with Crippen molar-refractivity contribution >= 4 is 34.7 Å². The van der Waals surface area contributed by atoms with E-state index in [2.05, 4.69) is 26.2 Å². The number of thiophene rings is 1. The summed E-state index contributed by atoms with van der Waals surface area (Å²) in [6.07, 6.45) is 2.22. The van der Waals surface area contributed by atoms with Crippen molar-refractivity contribution in [2.45, 2.75) is 30.6 Å². The number of aromatic nitrogens is 3. The number of ether oxygens (including phenoxy) is 1. The number of nitriles is 1. The van der Waals surface area contributed by atoms with E-state index in [4.69, 9.17) is 10.00 Å². The van der Waals surface area contributed by atoms with E-state index < -0.39 is 0 Å². The number of hydrogen-bond acceptors (Lipinski definition) is 7. The molecule has 1 saturated heterocycles. The van der Waals surface area contributed by atoms with Gasteiger partial charge >= 0.3 is 0 Å². The van der Waals surface area contributed by atoms with Crippen molar-refractivity contribution in [3.8, 4) is 16.8 Å². The van der Waals surface area contributed by atoms with Crippen LogP contribution < -0.4 is 5.32 Å². The molecule has 0 aliphatic carbocycles. The van der Waals surface area contributed by atoms with Crippen molar-refractivity contribution < 1.29 is 9.53 Å². The van der Waals surface area contributed by atoms with Gasteiger partial charge in [-0.05, 0) is 42.5 Å². The van der Waals surface area contributed by atoms with Crippen LogP contribution in [0.2, 0.25) is 0 Å². The zero-order chi connectivity index (χ0) is 20.1. The molecule has 1 N–H and O–H groups in total. The summed E-state index contributed by atoms with van der Waals surface area (Å²) in [5.41, 5.74) is 1.11. The summed E-state index contributed by atoms with van der Waals surface area (Å²) in [4.78, 5) is 13.4. The summed E-state index contributed by atoms with van der Waals surface area (Å²) < 4.78 is 7.84. The molecular formula is C20H19N5O2S2. The SMILES string of the molecule is N#Cc1cccc(NC(=O)CSc2nnc(-c3cccs3)n2C[C@@H]2CCCO2)c1. The van der Waals surface area contributed by atoms with Gasteiger partial charge in [-0.25, -0.2) is 0 Å².